The van der Waals surface area contributed by atoms with Crippen molar-refractivity contribution in [3.8, 4) is 0 Å². The molecule has 0 aliphatic carbocycles. The van der Waals surface area contributed by atoms with Crippen LogP contribution in [0.4, 0.5) is 15.9 Å². The number of rotatable bonds is 6. The van der Waals surface area contributed by atoms with Crippen LogP contribution in [0.2, 0.25) is 0 Å². The summed E-state index contributed by atoms with van der Waals surface area (Å²) in [5, 5.41) is 5.71. The number of halogens is 1. The fourth-order valence-electron chi connectivity index (χ4n) is 1.75. The first-order valence-corrected chi connectivity index (χ1v) is 6.82. The van der Waals surface area contributed by atoms with Gasteiger partial charge in [-0.15, -0.1) is 0 Å². The lowest BCUT2D eigenvalue weighted by atomic mass is 10.3. The lowest BCUT2D eigenvalue weighted by Crippen LogP contribution is -2.31. The van der Waals surface area contributed by atoms with Gasteiger partial charge in [-0.3, -0.25) is 4.79 Å². The van der Waals surface area contributed by atoms with E-state index in [-0.39, 0.29) is 17.4 Å². The smallest absolute Gasteiger partial charge is 0.270 e. The average Bonchev–Trinajstić information content (AvgIpc) is 2.47. The molecule has 2 N–H and O–H groups in total. The van der Waals surface area contributed by atoms with E-state index in [0.29, 0.717) is 18.1 Å². The Balaban J connectivity index is 2.01. The molecule has 116 valence electrons. The number of aromatic nitrogens is 2. The van der Waals surface area contributed by atoms with Gasteiger partial charge in [-0.25, -0.2) is 14.4 Å². The zero-order valence-corrected chi connectivity index (χ0v) is 12.5. The van der Waals surface area contributed by atoms with Gasteiger partial charge in [0.15, 0.2) is 0 Å². The Morgan fingerprint density at radius 2 is 2.09 bits per heavy atom. The van der Waals surface area contributed by atoms with Crippen LogP contribution < -0.4 is 10.6 Å². The lowest BCUT2D eigenvalue weighted by Gasteiger charge is -2.10. The van der Waals surface area contributed by atoms with Crippen molar-refractivity contribution in [1.82, 2.24) is 20.2 Å². The summed E-state index contributed by atoms with van der Waals surface area (Å²) in [5.74, 6) is -0.189. The SMILES string of the molecule is CN(C)CCNC(=O)c1cc(Nc2cccc(F)c2)ncn1. The maximum Gasteiger partial charge on any atom is 0.270 e. The van der Waals surface area contributed by atoms with Gasteiger partial charge in [0.2, 0.25) is 0 Å². The van der Waals surface area contributed by atoms with E-state index in [0.717, 1.165) is 6.54 Å². The van der Waals surface area contributed by atoms with Gasteiger partial charge in [0.1, 0.15) is 23.7 Å². The summed E-state index contributed by atoms with van der Waals surface area (Å²) in [7, 11) is 3.86. The summed E-state index contributed by atoms with van der Waals surface area (Å²) < 4.78 is 13.1. The van der Waals surface area contributed by atoms with Crippen LogP contribution in [0.5, 0.6) is 0 Å². The van der Waals surface area contributed by atoms with Gasteiger partial charge in [-0.05, 0) is 32.3 Å². The molecule has 0 aliphatic rings. The van der Waals surface area contributed by atoms with E-state index in [1.807, 2.05) is 19.0 Å². The normalized spacial score (nSPS) is 10.5. The second-order valence-electron chi connectivity index (χ2n) is 4.98. The molecule has 0 atom stereocenters. The maximum atomic E-state index is 13.1. The minimum absolute atomic E-state index is 0.257. The van der Waals surface area contributed by atoms with Crippen LogP contribution in [-0.4, -0.2) is 48.0 Å². The van der Waals surface area contributed by atoms with E-state index in [4.69, 9.17) is 0 Å². The highest BCUT2D eigenvalue weighted by atomic mass is 19.1. The van der Waals surface area contributed by atoms with Crippen molar-refractivity contribution in [3.63, 3.8) is 0 Å². The number of nitrogens with zero attached hydrogens (tertiary/aromatic N) is 3. The van der Waals surface area contributed by atoms with E-state index < -0.39 is 0 Å². The summed E-state index contributed by atoms with van der Waals surface area (Å²) in [5.41, 5.74) is 0.810. The van der Waals surface area contributed by atoms with Gasteiger partial charge in [0.25, 0.3) is 5.91 Å². The third-order valence-electron chi connectivity index (χ3n) is 2.84. The summed E-state index contributed by atoms with van der Waals surface area (Å²) in [6.07, 6.45) is 1.29. The third kappa shape index (κ3) is 4.78. The van der Waals surface area contributed by atoms with E-state index in [1.54, 1.807) is 12.1 Å². The maximum absolute atomic E-state index is 13.1. The van der Waals surface area contributed by atoms with Crippen molar-refractivity contribution in [2.45, 2.75) is 0 Å². The Morgan fingerprint density at radius 1 is 1.27 bits per heavy atom. The Hall–Kier alpha value is -2.54. The number of carbonyl (C=O) groups excluding carboxylic acids is 1. The highest BCUT2D eigenvalue weighted by Crippen LogP contribution is 2.15. The summed E-state index contributed by atoms with van der Waals surface area (Å²) in [6.45, 7) is 1.27. The molecular formula is C15H18FN5O. The minimum atomic E-state index is -0.347. The predicted molar refractivity (Wildman–Crippen MR) is 82.6 cm³/mol. The minimum Gasteiger partial charge on any atom is -0.349 e. The molecule has 7 heteroatoms. The van der Waals surface area contributed by atoms with E-state index in [2.05, 4.69) is 20.6 Å². The number of anilines is 2. The predicted octanol–water partition coefficient (Wildman–Crippen LogP) is 1.65. The van der Waals surface area contributed by atoms with Crippen molar-refractivity contribution in [2.24, 2.45) is 0 Å². The van der Waals surface area contributed by atoms with Crippen molar-refractivity contribution >= 4 is 17.4 Å². The zero-order valence-electron chi connectivity index (χ0n) is 12.5. The van der Waals surface area contributed by atoms with Gasteiger partial charge < -0.3 is 15.5 Å². The molecule has 1 aromatic heterocycles. The van der Waals surface area contributed by atoms with Crippen molar-refractivity contribution in [1.29, 1.82) is 0 Å². The molecule has 6 nitrogen and oxygen atoms in total. The zero-order chi connectivity index (χ0) is 15.9. The molecule has 22 heavy (non-hydrogen) atoms. The molecular weight excluding hydrogens is 285 g/mol. The van der Waals surface area contributed by atoms with E-state index in [9.17, 15) is 9.18 Å². The van der Waals surface area contributed by atoms with E-state index in [1.165, 1.54) is 24.5 Å². The molecule has 0 saturated heterocycles. The highest BCUT2D eigenvalue weighted by Gasteiger charge is 2.08. The van der Waals surface area contributed by atoms with Crippen LogP contribution in [0, 0.1) is 5.82 Å². The Labute approximate surface area is 128 Å². The molecule has 1 amide bonds. The molecule has 1 heterocycles. The van der Waals surface area contributed by atoms with Crippen LogP contribution in [0.3, 0.4) is 0 Å². The van der Waals surface area contributed by atoms with Crippen molar-refractivity contribution < 1.29 is 9.18 Å². The molecule has 0 saturated carbocycles. The van der Waals surface area contributed by atoms with Gasteiger partial charge >= 0.3 is 0 Å². The fraction of sp³-hybridized carbons (Fsp3) is 0.267. The summed E-state index contributed by atoms with van der Waals surface area (Å²) in [4.78, 5) is 21.9. The fourth-order valence-corrected chi connectivity index (χ4v) is 1.75. The quantitative estimate of drug-likeness (QED) is 0.849. The first kappa shape index (κ1) is 15.8. The van der Waals surface area contributed by atoms with Crippen LogP contribution in [0.1, 0.15) is 10.5 Å². The molecule has 0 bridgehead atoms. The second-order valence-corrected chi connectivity index (χ2v) is 4.98. The first-order chi connectivity index (χ1) is 10.5. The standard InChI is InChI=1S/C15H18FN5O/c1-21(2)7-6-17-15(22)13-9-14(19-10-18-13)20-12-5-3-4-11(16)8-12/h3-5,8-10H,6-7H2,1-2H3,(H,17,22)(H,18,19,20). The largest absolute Gasteiger partial charge is 0.349 e. The van der Waals surface area contributed by atoms with Crippen LogP contribution in [0.25, 0.3) is 0 Å². The molecule has 0 unspecified atom stereocenters. The van der Waals surface area contributed by atoms with Gasteiger partial charge in [0, 0.05) is 24.8 Å². The van der Waals surface area contributed by atoms with Gasteiger partial charge in [0.05, 0.1) is 0 Å². The summed E-state index contributed by atoms with van der Waals surface area (Å²) >= 11 is 0. The van der Waals surface area contributed by atoms with E-state index >= 15 is 0 Å². The molecule has 0 fully saturated rings. The number of likely N-dealkylation sites (N-methyl/N-ethyl adjacent to an activating group) is 1. The molecule has 1 aromatic carbocycles. The average molecular weight is 303 g/mol. The third-order valence-corrected chi connectivity index (χ3v) is 2.84. The Kier molecular flexibility index (Phi) is 5.37. The highest BCUT2D eigenvalue weighted by molar-refractivity contribution is 5.92. The molecule has 2 aromatic rings. The topological polar surface area (TPSA) is 70.2 Å². The molecule has 2 rings (SSSR count). The molecule has 0 radical (unpaired) electrons. The number of carbonyl (C=O) groups is 1. The Morgan fingerprint density at radius 3 is 2.82 bits per heavy atom. The van der Waals surface area contributed by atoms with Crippen molar-refractivity contribution in [2.75, 3.05) is 32.5 Å². The number of hydrogen-bond donors (Lipinski definition) is 2. The first-order valence-electron chi connectivity index (χ1n) is 6.82. The van der Waals surface area contributed by atoms with Crippen LogP contribution in [-0.2, 0) is 0 Å². The monoisotopic (exact) mass is 303 g/mol. The second kappa shape index (κ2) is 7.46. The van der Waals surface area contributed by atoms with Gasteiger partial charge in [-0.1, -0.05) is 6.07 Å². The summed E-state index contributed by atoms with van der Waals surface area (Å²) in [6, 6.07) is 7.53. The number of benzene rings is 1. The molecule has 0 spiro atoms. The van der Waals surface area contributed by atoms with Gasteiger partial charge in [-0.2, -0.15) is 0 Å². The van der Waals surface area contributed by atoms with Crippen LogP contribution in [0.15, 0.2) is 36.7 Å². The number of hydrogen-bond acceptors (Lipinski definition) is 5. The number of nitrogens with one attached hydrogen (secondary N) is 2. The number of amides is 1. The molecule has 0 aliphatic heterocycles. The van der Waals surface area contributed by atoms with Crippen molar-refractivity contribution in [3.05, 3.63) is 48.2 Å². The van der Waals surface area contributed by atoms with Crippen LogP contribution >= 0.6 is 0 Å². The lowest BCUT2D eigenvalue weighted by molar-refractivity contribution is 0.0946. The Bertz CT molecular complexity index is 647.